The molecule has 37 heavy (non-hydrogen) atoms. The second-order valence-electron chi connectivity index (χ2n) is 10.4. The fourth-order valence-electron chi connectivity index (χ4n) is 3.88. The molecule has 3 rings (SSSR count). The molecule has 1 aliphatic carbocycles. The van der Waals surface area contributed by atoms with Crippen molar-refractivity contribution >= 4 is 5.91 Å². The van der Waals surface area contributed by atoms with E-state index in [0.717, 1.165) is 6.92 Å². The van der Waals surface area contributed by atoms with Crippen LogP contribution in [-0.4, -0.2) is 41.0 Å². The van der Waals surface area contributed by atoms with Crippen LogP contribution < -0.4 is 16.4 Å². The van der Waals surface area contributed by atoms with Crippen LogP contribution in [0.3, 0.4) is 0 Å². The summed E-state index contributed by atoms with van der Waals surface area (Å²) in [6.45, 7) is 3.34. The Morgan fingerprint density at radius 2 is 1.46 bits per heavy atom. The van der Waals surface area contributed by atoms with Gasteiger partial charge in [0.2, 0.25) is 5.91 Å². The summed E-state index contributed by atoms with van der Waals surface area (Å²) in [5.41, 5.74) is 1.46. The molecule has 1 aliphatic rings. The molecule has 1 saturated carbocycles. The number of hydrogen-bond donors (Lipinski definition) is 4. The van der Waals surface area contributed by atoms with Gasteiger partial charge in [0, 0.05) is 6.42 Å². The summed E-state index contributed by atoms with van der Waals surface area (Å²) in [7, 11) is 0. The normalized spacial score (nSPS) is 18.7. The van der Waals surface area contributed by atoms with E-state index in [2.05, 4.69) is 10.6 Å². The van der Waals surface area contributed by atoms with E-state index in [1.807, 2.05) is 0 Å². The van der Waals surface area contributed by atoms with Gasteiger partial charge in [0.1, 0.15) is 17.3 Å². The van der Waals surface area contributed by atoms with Crippen LogP contribution in [0, 0.1) is 0 Å². The van der Waals surface area contributed by atoms with E-state index in [0.29, 0.717) is 24.0 Å². The van der Waals surface area contributed by atoms with Gasteiger partial charge in [-0.3, -0.25) is 10.1 Å². The Hall–Kier alpha value is -2.63. The number of alkyl halides is 6. The lowest BCUT2D eigenvalue weighted by Gasteiger charge is -2.30. The summed E-state index contributed by atoms with van der Waals surface area (Å²) < 4.78 is 82.7. The zero-order chi connectivity index (χ0) is 27.8. The Morgan fingerprint density at radius 1 is 0.973 bits per heavy atom. The van der Waals surface area contributed by atoms with E-state index in [1.165, 1.54) is 62.4 Å². The van der Waals surface area contributed by atoms with Crippen molar-refractivity contribution in [1.82, 2.24) is 10.6 Å². The van der Waals surface area contributed by atoms with Gasteiger partial charge in [-0.05, 0) is 55.9 Å². The molecule has 5 N–H and O–H groups in total. The first kappa shape index (κ1) is 28.9. The number of nitrogens with two attached hydrogens (primary N) is 1. The number of halogens is 6. The van der Waals surface area contributed by atoms with Gasteiger partial charge in [0.15, 0.2) is 0 Å². The molecule has 0 unspecified atom stereocenters. The van der Waals surface area contributed by atoms with E-state index >= 15 is 0 Å². The maximum absolute atomic E-state index is 14.4. The van der Waals surface area contributed by atoms with Crippen molar-refractivity contribution < 1.29 is 36.2 Å². The molecule has 0 bridgehead atoms. The van der Waals surface area contributed by atoms with Gasteiger partial charge in [0.25, 0.3) is 6.43 Å². The highest BCUT2D eigenvalue weighted by Gasteiger charge is 2.46. The first-order valence-corrected chi connectivity index (χ1v) is 11.8. The number of carbonyl (C=O) groups is 1. The minimum Gasteiger partial charge on any atom is -0.379 e. The molecular weight excluding hydrogens is 500 g/mol. The van der Waals surface area contributed by atoms with Crippen molar-refractivity contribution in [3.63, 3.8) is 0 Å². The van der Waals surface area contributed by atoms with E-state index in [-0.39, 0.29) is 11.1 Å². The van der Waals surface area contributed by atoms with E-state index in [4.69, 9.17) is 5.73 Å². The van der Waals surface area contributed by atoms with Gasteiger partial charge in [-0.1, -0.05) is 48.5 Å². The van der Waals surface area contributed by atoms with Crippen LogP contribution in [0.25, 0.3) is 11.1 Å². The number of benzene rings is 2. The summed E-state index contributed by atoms with van der Waals surface area (Å²) in [6, 6.07) is 7.12. The second-order valence-corrected chi connectivity index (χ2v) is 10.4. The molecule has 1 amide bonds. The lowest BCUT2D eigenvalue weighted by atomic mass is 9.93. The van der Waals surface area contributed by atoms with Gasteiger partial charge in [-0.2, -0.15) is 13.2 Å². The average molecular weight is 532 g/mol. The Kier molecular flexibility index (Phi) is 8.03. The summed E-state index contributed by atoms with van der Waals surface area (Å²) in [6.07, 6.45) is -7.35. The van der Waals surface area contributed by atoms with Crippen molar-refractivity contribution in [3.05, 3.63) is 59.7 Å². The van der Waals surface area contributed by atoms with E-state index in [9.17, 15) is 36.2 Å². The molecule has 0 heterocycles. The summed E-state index contributed by atoms with van der Waals surface area (Å²) >= 11 is 0. The van der Waals surface area contributed by atoms with Crippen molar-refractivity contribution in [2.75, 3.05) is 0 Å². The minimum atomic E-state index is -4.80. The highest BCUT2D eigenvalue weighted by atomic mass is 19.4. The van der Waals surface area contributed by atoms with Crippen LogP contribution >= 0.6 is 0 Å². The molecule has 2 aromatic carbocycles. The zero-order valence-corrected chi connectivity index (χ0v) is 20.7. The third-order valence-electron chi connectivity index (χ3n) is 6.33. The van der Waals surface area contributed by atoms with Crippen LogP contribution in [0.5, 0.6) is 0 Å². The SMILES string of the molecule is CC(C)(F)C[C@H](N[C@@H](c1ccc(-c2ccc([C@@](C)(O)C(F)F)cc2)cc1)C(F)(F)F)C(=O)NC1(N)CC1. The van der Waals surface area contributed by atoms with E-state index in [1.54, 1.807) is 0 Å². The molecule has 11 heteroatoms. The molecule has 204 valence electrons. The van der Waals surface area contributed by atoms with Crippen LogP contribution in [0.15, 0.2) is 48.5 Å². The largest absolute Gasteiger partial charge is 0.407 e. The van der Waals surface area contributed by atoms with Crippen molar-refractivity contribution in [2.45, 2.75) is 81.7 Å². The van der Waals surface area contributed by atoms with Gasteiger partial charge < -0.3 is 16.2 Å². The summed E-state index contributed by atoms with van der Waals surface area (Å²) in [5, 5.41) is 14.7. The molecule has 2 aromatic rings. The number of amides is 1. The third-order valence-corrected chi connectivity index (χ3v) is 6.33. The first-order chi connectivity index (χ1) is 16.9. The van der Waals surface area contributed by atoms with Gasteiger partial charge >= 0.3 is 6.18 Å². The highest BCUT2D eigenvalue weighted by Crippen LogP contribution is 2.36. The molecule has 5 nitrogen and oxygen atoms in total. The molecule has 0 spiro atoms. The third kappa shape index (κ3) is 7.45. The molecule has 0 saturated heterocycles. The molecular formula is C26H31F6N3O2. The van der Waals surface area contributed by atoms with Crippen molar-refractivity contribution in [2.24, 2.45) is 5.73 Å². The molecule has 3 atom stereocenters. The van der Waals surface area contributed by atoms with E-state index < -0.39 is 53.9 Å². The molecule has 0 radical (unpaired) electrons. The zero-order valence-electron chi connectivity index (χ0n) is 20.7. The monoisotopic (exact) mass is 531 g/mol. The molecule has 0 aliphatic heterocycles. The van der Waals surface area contributed by atoms with Crippen LogP contribution in [0.2, 0.25) is 0 Å². The Morgan fingerprint density at radius 3 is 1.86 bits per heavy atom. The standard InChI is InChI=1S/C26H31F6N3O2/c1-23(2,29)14-19(21(36)35-25(33)12-13-25)34-20(26(30,31)32)17-6-4-15(5-7-17)16-8-10-18(11-9-16)24(3,37)22(27)28/h4-11,19-20,22,34,37H,12-14,33H2,1-3H3,(H,35,36)/t19-,20-,24+/m0/s1. The lowest BCUT2D eigenvalue weighted by molar-refractivity contribution is -0.161. The van der Waals surface area contributed by atoms with Gasteiger partial charge in [-0.25, -0.2) is 13.2 Å². The Labute approximate surface area is 211 Å². The topological polar surface area (TPSA) is 87.4 Å². The van der Waals surface area contributed by atoms with Crippen molar-refractivity contribution in [1.29, 1.82) is 0 Å². The Balaban J connectivity index is 1.84. The maximum atomic E-state index is 14.4. The predicted octanol–water partition coefficient (Wildman–Crippen LogP) is 5.09. The second kappa shape index (κ2) is 10.3. The number of carbonyl (C=O) groups excluding carboxylic acids is 1. The first-order valence-electron chi connectivity index (χ1n) is 11.8. The smallest absolute Gasteiger partial charge is 0.379 e. The number of hydrogen-bond acceptors (Lipinski definition) is 4. The molecule has 0 aromatic heterocycles. The average Bonchev–Trinajstić information content (AvgIpc) is 3.51. The maximum Gasteiger partial charge on any atom is 0.407 e. The van der Waals surface area contributed by atoms with Crippen molar-refractivity contribution in [3.8, 4) is 11.1 Å². The van der Waals surface area contributed by atoms with Gasteiger partial charge in [-0.15, -0.1) is 0 Å². The van der Waals surface area contributed by atoms with Crippen LogP contribution in [-0.2, 0) is 10.4 Å². The van der Waals surface area contributed by atoms with Crippen LogP contribution in [0.4, 0.5) is 26.3 Å². The predicted molar refractivity (Wildman–Crippen MR) is 127 cm³/mol. The minimum absolute atomic E-state index is 0.00484. The Bertz CT molecular complexity index is 1080. The summed E-state index contributed by atoms with van der Waals surface area (Å²) in [4.78, 5) is 12.7. The summed E-state index contributed by atoms with van der Waals surface area (Å²) in [5.74, 6) is -0.809. The molecule has 1 fully saturated rings. The van der Waals surface area contributed by atoms with Crippen LogP contribution in [0.1, 0.15) is 57.2 Å². The fraction of sp³-hybridized carbons (Fsp3) is 0.500. The number of nitrogens with one attached hydrogen (secondary N) is 2. The number of rotatable bonds is 10. The highest BCUT2D eigenvalue weighted by molar-refractivity contribution is 5.83. The quantitative estimate of drug-likeness (QED) is 0.254. The lowest BCUT2D eigenvalue weighted by Crippen LogP contribution is -2.55. The van der Waals surface area contributed by atoms with Gasteiger partial charge in [0.05, 0.1) is 11.7 Å². The fourth-order valence-corrected chi connectivity index (χ4v) is 3.88. The number of aliphatic hydroxyl groups is 1.